The monoisotopic (exact) mass is 441 g/mol. The second-order valence-corrected chi connectivity index (χ2v) is 8.14. The SMILES string of the molecule is CCOc1c(/C(C)=C/C(=O)Nc2nc(CC(=O)NC)cs2)cc2c(C)c(C)oc2c1C. The van der Waals surface area contributed by atoms with E-state index in [2.05, 4.69) is 15.6 Å². The minimum atomic E-state index is -0.293. The zero-order valence-corrected chi connectivity index (χ0v) is 19.5. The number of amides is 2. The van der Waals surface area contributed by atoms with Crippen molar-refractivity contribution in [3.05, 3.63) is 45.7 Å². The van der Waals surface area contributed by atoms with Gasteiger partial charge in [0.05, 0.1) is 18.7 Å². The molecule has 0 aliphatic rings. The third kappa shape index (κ3) is 4.80. The number of anilines is 1. The number of hydrogen-bond donors (Lipinski definition) is 2. The summed E-state index contributed by atoms with van der Waals surface area (Å²) in [5.74, 6) is 1.16. The molecule has 0 saturated carbocycles. The molecule has 2 aromatic heterocycles. The summed E-state index contributed by atoms with van der Waals surface area (Å²) in [6.45, 7) is 10.2. The molecule has 2 N–H and O–H groups in total. The van der Waals surface area contributed by atoms with Crippen molar-refractivity contribution in [1.82, 2.24) is 10.3 Å². The van der Waals surface area contributed by atoms with Gasteiger partial charge in [-0.1, -0.05) is 0 Å². The summed E-state index contributed by atoms with van der Waals surface area (Å²) in [5.41, 5.74) is 5.04. The van der Waals surface area contributed by atoms with Gasteiger partial charge in [0.1, 0.15) is 17.1 Å². The Morgan fingerprint density at radius 1 is 1.26 bits per heavy atom. The van der Waals surface area contributed by atoms with Gasteiger partial charge in [0.15, 0.2) is 5.13 Å². The Hall–Kier alpha value is -3.13. The van der Waals surface area contributed by atoms with E-state index in [-0.39, 0.29) is 18.2 Å². The number of carbonyl (C=O) groups excluding carboxylic acids is 2. The maximum atomic E-state index is 12.6. The van der Waals surface area contributed by atoms with Gasteiger partial charge in [0.2, 0.25) is 11.8 Å². The van der Waals surface area contributed by atoms with E-state index in [0.29, 0.717) is 23.2 Å². The number of fused-ring (bicyclic) bond motifs is 1. The first-order valence-electron chi connectivity index (χ1n) is 10.1. The average Bonchev–Trinajstić information content (AvgIpc) is 3.27. The second kappa shape index (κ2) is 9.34. The van der Waals surface area contributed by atoms with E-state index in [4.69, 9.17) is 9.15 Å². The lowest BCUT2D eigenvalue weighted by atomic mass is 9.98. The van der Waals surface area contributed by atoms with Gasteiger partial charge >= 0.3 is 0 Å². The first-order chi connectivity index (χ1) is 14.7. The summed E-state index contributed by atoms with van der Waals surface area (Å²) in [6.07, 6.45) is 1.71. The topological polar surface area (TPSA) is 93.5 Å². The summed E-state index contributed by atoms with van der Waals surface area (Å²) in [6, 6.07) is 2.02. The van der Waals surface area contributed by atoms with Crippen LogP contribution in [-0.4, -0.2) is 30.5 Å². The number of carbonyl (C=O) groups is 2. The number of ether oxygens (including phenoxy) is 1. The molecule has 3 rings (SSSR count). The molecule has 0 bridgehead atoms. The van der Waals surface area contributed by atoms with Crippen molar-refractivity contribution < 1.29 is 18.7 Å². The van der Waals surface area contributed by atoms with E-state index in [1.165, 1.54) is 17.4 Å². The van der Waals surface area contributed by atoms with E-state index in [9.17, 15) is 9.59 Å². The zero-order chi connectivity index (χ0) is 22.7. The molecule has 0 aliphatic heterocycles. The average molecular weight is 442 g/mol. The van der Waals surface area contributed by atoms with Crippen LogP contribution in [0, 0.1) is 20.8 Å². The molecule has 7 nitrogen and oxygen atoms in total. The lowest BCUT2D eigenvalue weighted by Crippen LogP contribution is -2.20. The maximum Gasteiger partial charge on any atom is 0.250 e. The molecule has 2 amide bonds. The van der Waals surface area contributed by atoms with E-state index in [0.717, 1.165) is 39.0 Å². The number of furan rings is 1. The number of thiazole rings is 1. The molecule has 0 spiro atoms. The van der Waals surface area contributed by atoms with E-state index in [1.54, 1.807) is 12.4 Å². The molecular weight excluding hydrogens is 414 g/mol. The van der Waals surface area contributed by atoms with Crippen LogP contribution >= 0.6 is 11.3 Å². The highest BCUT2D eigenvalue weighted by Gasteiger charge is 2.19. The molecular formula is C23H27N3O4S. The minimum absolute atomic E-state index is 0.127. The fourth-order valence-corrected chi connectivity index (χ4v) is 4.06. The Labute approximate surface area is 185 Å². The summed E-state index contributed by atoms with van der Waals surface area (Å²) in [7, 11) is 1.58. The van der Waals surface area contributed by atoms with E-state index in [1.807, 2.05) is 40.7 Å². The Morgan fingerprint density at radius 3 is 2.68 bits per heavy atom. The van der Waals surface area contributed by atoms with E-state index < -0.39 is 0 Å². The van der Waals surface area contributed by atoms with Crippen LogP contribution in [0.25, 0.3) is 16.5 Å². The van der Waals surface area contributed by atoms with Crippen molar-refractivity contribution in [3.8, 4) is 5.75 Å². The molecule has 0 unspecified atom stereocenters. The van der Waals surface area contributed by atoms with Crippen LogP contribution in [-0.2, 0) is 16.0 Å². The quantitative estimate of drug-likeness (QED) is 0.525. The smallest absolute Gasteiger partial charge is 0.250 e. The summed E-state index contributed by atoms with van der Waals surface area (Å²) >= 11 is 1.28. The summed E-state index contributed by atoms with van der Waals surface area (Å²) in [5, 5.41) is 8.55. The van der Waals surface area contributed by atoms with Crippen molar-refractivity contribution in [2.24, 2.45) is 0 Å². The predicted octanol–water partition coefficient (Wildman–Crippen LogP) is 4.54. The van der Waals surface area contributed by atoms with Crippen LogP contribution in [0.15, 0.2) is 21.9 Å². The summed E-state index contributed by atoms with van der Waals surface area (Å²) in [4.78, 5) is 28.4. The fraction of sp³-hybridized carbons (Fsp3) is 0.348. The Kier molecular flexibility index (Phi) is 6.80. The molecule has 2 heterocycles. The molecule has 31 heavy (non-hydrogen) atoms. The molecule has 3 aromatic rings. The number of aryl methyl sites for hydroxylation is 3. The molecule has 1 aromatic carbocycles. The number of likely N-dealkylation sites (N-methyl/N-ethyl adjacent to an activating group) is 1. The number of rotatable bonds is 7. The number of benzene rings is 1. The zero-order valence-electron chi connectivity index (χ0n) is 18.6. The van der Waals surface area contributed by atoms with Gasteiger partial charge in [-0.25, -0.2) is 4.98 Å². The normalized spacial score (nSPS) is 11.6. The van der Waals surface area contributed by atoms with E-state index >= 15 is 0 Å². The lowest BCUT2D eigenvalue weighted by molar-refractivity contribution is -0.120. The van der Waals surface area contributed by atoms with Gasteiger partial charge in [-0.3, -0.25) is 14.9 Å². The molecule has 0 aliphatic carbocycles. The standard InChI is InChI=1S/C23H27N3O4S/c1-7-29-21-14(4)22-18(13(3)15(5)30-22)10-17(21)12(2)8-20(28)26-23-25-16(11-31-23)9-19(27)24-6/h8,10-11H,7,9H2,1-6H3,(H,24,27)(H,25,26,28)/b12-8+. The third-order valence-electron chi connectivity index (χ3n) is 5.11. The number of allylic oxidation sites excluding steroid dienone is 1. The van der Waals surface area contributed by atoms with Gasteiger partial charge in [-0.2, -0.15) is 0 Å². The highest BCUT2D eigenvalue weighted by molar-refractivity contribution is 7.14. The van der Waals surface area contributed by atoms with Crippen LogP contribution in [0.5, 0.6) is 5.75 Å². The maximum absolute atomic E-state index is 12.6. The van der Waals surface area contributed by atoms with Crippen molar-refractivity contribution in [3.63, 3.8) is 0 Å². The van der Waals surface area contributed by atoms with Crippen molar-refractivity contribution >= 4 is 44.8 Å². The number of nitrogens with one attached hydrogen (secondary N) is 2. The van der Waals surface area contributed by atoms with Crippen LogP contribution in [0.3, 0.4) is 0 Å². The third-order valence-corrected chi connectivity index (χ3v) is 5.92. The highest BCUT2D eigenvalue weighted by Crippen LogP contribution is 2.38. The minimum Gasteiger partial charge on any atom is -0.493 e. The highest BCUT2D eigenvalue weighted by atomic mass is 32.1. The first-order valence-corrected chi connectivity index (χ1v) is 10.9. The van der Waals surface area contributed by atoms with Crippen LogP contribution in [0.2, 0.25) is 0 Å². The molecule has 164 valence electrons. The molecule has 0 radical (unpaired) electrons. The van der Waals surface area contributed by atoms with Gasteiger partial charge in [0.25, 0.3) is 0 Å². The van der Waals surface area contributed by atoms with Gasteiger partial charge in [0, 0.05) is 35.0 Å². The predicted molar refractivity (Wildman–Crippen MR) is 124 cm³/mol. The number of nitrogens with zero attached hydrogens (tertiary/aromatic N) is 1. The Balaban J connectivity index is 1.89. The molecule has 0 atom stereocenters. The molecule has 8 heteroatoms. The van der Waals surface area contributed by atoms with Crippen LogP contribution in [0.4, 0.5) is 5.13 Å². The fourth-order valence-electron chi connectivity index (χ4n) is 3.35. The van der Waals surface area contributed by atoms with Gasteiger partial charge in [-0.05, 0) is 51.8 Å². The number of hydrogen-bond acceptors (Lipinski definition) is 6. The largest absolute Gasteiger partial charge is 0.493 e. The molecule has 0 fully saturated rings. The lowest BCUT2D eigenvalue weighted by Gasteiger charge is -2.14. The van der Waals surface area contributed by atoms with Crippen molar-refractivity contribution in [2.75, 3.05) is 19.0 Å². The van der Waals surface area contributed by atoms with Crippen molar-refractivity contribution in [1.29, 1.82) is 0 Å². The number of aromatic nitrogens is 1. The summed E-state index contributed by atoms with van der Waals surface area (Å²) < 4.78 is 11.9. The van der Waals surface area contributed by atoms with Crippen LogP contribution in [0.1, 0.15) is 42.0 Å². The van der Waals surface area contributed by atoms with Crippen LogP contribution < -0.4 is 15.4 Å². The van der Waals surface area contributed by atoms with Crippen molar-refractivity contribution in [2.45, 2.75) is 41.0 Å². The molecule has 0 saturated heterocycles. The Morgan fingerprint density at radius 2 is 2.00 bits per heavy atom. The first kappa shape index (κ1) is 22.6. The van der Waals surface area contributed by atoms with Gasteiger partial charge < -0.3 is 14.5 Å². The second-order valence-electron chi connectivity index (χ2n) is 7.28. The van der Waals surface area contributed by atoms with Gasteiger partial charge in [-0.15, -0.1) is 11.3 Å². The Bertz CT molecular complexity index is 1170.